The SMILES string of the molecule is CC(C)(C)C1(c2ccccc2)Sc2ccccc2N(CC(=O)O)C(=O)C1N. The molecule has 0 aliphatic carbocycles. The van der Waals surface area contributed by atoms with Crippen LogP contribution >= 0.6 is 11.8 Å². The summed E-state index contributed by atoms with van der Waals surface area (Å²) in [6.45, 7) is 5.78. The van der Waals surface area contributed by atoms with E-state index in [1.54, 1.807) is 23.9 Å². The molecule has 1 heterocycles. The highest BCUT2D eigenvalue weighted by atomic mass is 32.2. The molecular weight excluding hydrogens is 360 g/mol. The smallest absolute Gasteiger partial charge is 0.323 e. The minimum Gasteiger partial charge on any atom is -0.480 e. The van der Waals surface area contributed by atoms with Gasteiger partial charge in [0.1, 0.15) is 12.6 Å². The number of fused-ring (bicyclic) bond motifs is 1. The Balaban J connectivity index is 2.29. The Bertz CT molecular complexity index is 863. The summed E-state index contributed by atoms with van der Waals surface area (Å²) < 4.78 is -0.755. The molecule has 2 aromatic rings. The number of nitrogens with zero attached hydrogens (tertiary/aromatic N) is 1. The maximum absolute atomic E-state index is 13.4. The molecule has 0 saturated carbocycles. The lowest BCUT2D eigenvalue weighted by Crippen LogP contribution is -2.58. The first-order chi connectivity index (χ1) is 12.7. The monoisotopic (exact) mass is 384 g/mol. The van der Waals surface area contributed by atoms with E-state index >= 15 is 0 Å². The molecule has 0 radical (unpaired) electrons. The number of nitrogens with two attached hydrogens (primary N) is 1. The van der Waals surface area contributed by atoms with Gasteiger partial charge in [-0.1, -0.05) is 63.2 Å². The first-order valence-corrected chi connectivity index (χ1v) is 9.62. The van der Waals surface area contributed by atoms with E-state index in [0.717, 1.165) is 10.5 Å². The van der Waals surface area contributed by atoms with Crippen LogP contribution in [0.1, 0.15) is 26.3 Å². The van der Waals surface area contributed by atoms with E-state index in [0.29, 0.717) is 5.69 Å². The Kier molecular flexibility index (Phi) is 5.06. The Morgan fingerprint density at radius 2 is 1.74 bits per heavy atom. The molecule has 1 aliphatic heterocycles. The molecule has 0 bridgehead atoms. The third kappa shape index (κ3) is 3.24. The molecule has 1 amide bonds. The number of hydrogen-bond donors (Lipinski definition) is 2. The summed E-state index contributed by atoms with van der Waals surface area (Å²) in [6, 6.07) is 16.3. The summed E-state index contributed by atoms with van der Waals surface area (Å²) in [5.74, 6) is -1.45. The molecule has 0 fully saturated rings. The van der Waals surface area contributed by atoms with Gasteiger partial charge in [-0.15, -0.1) is 11.8 Å². The first kappa shape index (κ1) is 19.5. The number of carboxylic acids is 1. The number of aliphatic carboxylic acids is 1. The van der Waals surface area contributed by atoms with Crippen LogP contribution in [0.5, 0.6) is 0 Å². The Morgan fingerprint density at radius 1 is 1.15 bits per heavy atom. The predicted molar refractivity (Wildman–Crippen MR) is 108 cm³/mol. The second-order valence-electron chi connectivity index (χ2n) is 7.72. The van der Waals surface area contributed by atoms with Crippen molar-refractivity contribution in [1.82, 2.24) is 0 Å². The standard InChI is InChI=1S/C21H24N2O3S/c1-20(2,3)21(14-9-5-4-6-10-14)18(22)19(26)23(13-17(24)25)15-11-7-8-12-16(15)27-21/h4-12,18H,13,22H2,1-3H3,(H,24,25). The van der Waals surface area contributed by atoms with Crippen molar-refractivity contribution in [3.05, 3.63) is 60.2 Å². The molecule has 0 saturated heterocycles. The quantitative estimate of drug-likeness (QED) is 0.846. The van der Waals surface area contributed by atoms with E-state index in [1.807, 2.05) is 42.5 Å². The van der Waals surface area contributed by atoms with Crippen LogP contribution in [0.3, 0.4) is 0 Å². The average molecular weight is 385 g/mol. The fraction of sp³-hybridized carbons (Fsp3) is 0.333. The molecule has 0 spiro atoms. The van der Waals surface area contributed by atoms with Crippen LogP contribution in [-0.4, -0.2) is 29.6 Å². The van der Waals surface area contributed by atoms with Crippen LogP contribution in [-0.2, 0) is 14.3 Å². The minimum absolute atomic E-state index is 0.375. The van der Waals surface area contributed by atoms with Crippen molar-refractivity contribution in [2.24, 2.45) is 11.1 Å². The summed E-state index contributed by atoms with van der Waals surface area (Å²) in [5, 5.41) is 9.35. The van der Waals surface area contributed by atoms with Crippen molar-refractivity contribution in [3.8, 4) is 0 Å². The van der Waals surface area contributed by atoms with Gasteiger partial charge in [0.2, 0.25) is 5.91 Å². The van der Waals surface area contributed by atoms with Crippen LogP contribution in [0.15, 0.2) is 59.5 Å². The second-order valence-corrected chi connectivity index (χ2v) is 9.01. The summed E-state index contributed by atoms with van der Waals surface area (Å²) in [7, 11) is 0. The molecule has 142 valence electrons. The number of anilines is 1. The Morgan fingerprint density at radius 3 is 2.33 bits per heavy atom. The van der Waals surface area contributed by atoms with Crippen molar-refractivity contribution < 1.29 is 14.7 Å². The van der Waals surface area contributed by atoms with Gasteiger partial charge in [-0.05, 0) is 23.1 Å². The third-order valence-electron chi connectivity index (χ3n) is 5.01. The van der Waals surface area contributed by atoms with E-state index < -0.39 is 23.3 Å². The number of rotatable bonds is 3. The highest BCUT2D eigenvalue weighted by molar-refractivity contribution is 8.00. The van der Waals surface area contributed by atoms with Crippen molar-refractivity contribution in [2.45, 2.75) is 36.5 Å². The lowest BCUT2D eigenvalue weighted by Gasteiger charge is -2.47. The van der Waals surface area contributed by atoms with Gasteiger partial charge < -0.3 is 10.8 Å². The van der Waals surface area contributed by atoms with E-state index in [4.69, 9.17) is 5.73 Å². The van der Waals surface area contributed by atoms with Gasteiger partial charge >= 0.3 is 5.97 Å². The van der Waals surface area contributed by atoms with Gasteiger partial charge in [0, 0.05) is 4.90 Å². The maximum Gasteiger partial charge on any atom is 0.323 e. The van der Waals surface area contributed by atoms with Crippen molar-refractivity contribution in [1.29, 1.82) is 0 Å². The van der Waals surface area contributed by atoms with Crippen molar-refractivity contribution in [3.63, 3.8) is 0 Å². The first-order valence-electron chi connectivity index (χ1n) is 8.81. The molecule has 2 atom stereocenters. The molecule has 3 N–H and O–H groups in total. The van der Waals surface area contributed by atoms with Crippen molar-refractivity contribution in [2.75, 3.05) is 11.4 Å². The van der Waals surface area contributed by atoms with Crippen LogP contribution in [0.2, 0.25) is 0 Å². The van der Waals surface area contributed by atoms with Gasteiger partial charge in [0.05, 0.1) is 10.4 Å². The topological polar surface area (TPSA) is 83.6 Å². The molecule has 3 rings (SSSR count). The van der Waals surface area contributed by atoms with E-state index in [1.165, 1.54) is 4.90 Å². The van der Waals surface area contributed by atoms with Gasteiger partial charge in [0.25, 0.3) is 0 Å². The third-order valence-corrected chi connectivity index (χ3v) is 7.00. The number of carbonyl (C=O) groups excluding carboxylic acids is 1. The number of carbonyl (C=O) groups is 2. The summed E-state index contributed by atoms with van der Waals surface area (Å²) in [6.07, 6.45) is 0. The Labute approximate surface area is 163 Å². The van der Waals surface area contributed by atoms with Crippen molar-refractivity contribution >= 4 is 29.3 Å². The minimum atomic E-state index is -1.07. The highest BCUT2D eigenvalue weighted by Crippen LogP contribution is 2.58. The zero-order chi connectivity index (χ0) is 19.8. The van der Waals surface area contributed by atoms with E-state index in [9.17, 15) is 14.7 Å². The molecule has 2 unspecified atom stereocenters. The lowest BCUT2D eigenvalue weighted by molar-refractivity contribution is -0.137. The van der Waals surface area contributed by atoms with Crippen LogP contribution in [0.25, 0.3) is 0 Å². The molecular formula is C21H24N2O3S. The van der Waals surface area contributed by atoms with E-state index in [2.05, 4.69) is 20.8 Å². The molecule has 1 aliphatic rings. The summed E-state index contributed by atoms with van der Waals surface area (Å²) in [4.78, 5) is 27.0. The molecule has 0 aromatic heterocycles. The number of hydrogen-bond acceptors (Lipinski definition) is 4. The van der Waals surface area contributed by atoms with Gasteiger partial charge in [-0.2, -0.15) is 0 Å². The second kappa shape index (κ2) is 7.02. The molecule has 5 nitrogen and oxygen atoms in total. The average Bonchev–Trinajstić information content (AvgIpc) is 2.71. The Hall–Kier alpha value is -2.31. The number of carboxylic acid groups (broad SMARTS) is 1. The lowest BCUT2D eigenvalue weighted by atomic mass is 9.71. The number of amides is 1. The van der Waals surface area contributed by atoms with Crippen LogP contribution in [0.4, 0.5) is 5.69 Å². The fourth-order valence-corrected chi connectivity index (χ4v) is 5.30. The summed E-state index contributed by atoms with van der Waals surface area (Å²) >= 11 is 1.55. The number of thioether (sulfide) groups is 1. The number of para-hydroxylation sites is 1. The van der Waals surface area contributed by atoms with Gasteiger partial charge in [0.15, 0.2) is 0 Å². The fourth-order valence-electron chi connectivity index (χ4n) is 3.74. The zero-order valence-electron chi connectivity index (χ0n) is 15.7. The van der Waals surface area contributed by atoms with E-state index in [-0.39, 0.29) is 11.3 Å². The highest BCUT2D eigenvalue weighted by Gasteiger charge is 2.54. The number of benzene rings is 2. The normalized spacial score (nSPS) is 22.9. The van der Waals surface area contributed by atoms with Crippen LogP contribution in [0, 0.1) is 5.41 Å². The largest absolute Gasteiger partial charge is 0.480 e. The maximum atomic E-state index is 13.4. The van der Waals surface area contributed by atoms with Crippen LogP contribution < -0.4 is 10.6 Å². The molecule has 2 aromatic carbocycles. The van der Waals surface area contributed by atoms with Gasteiger partial charge in [-0.3, -0.25) is 14.5 Å². The molecule has 27 heavy (non-hydrogen) atoms. The summed E-state index contributed by atoms with van der Waals surface area (Å²) in [5.41, 5.74) is 7.79. The molecule has 6 heteroatoms. The van der Waals surface area contributed by atoms with Gasteiger partial charge in [-0.25, -0.2) is 0 Å². The predicted octanol–water partition coefficient (Wildman–Crippen LogP) is 3.48. The zero-order valence-corrected chi connectivity index (χ0v) is 16.5.